The first-order chi connectivity index (χ1) is 25.2. The SMILES string of the molecule is O=C(Oc1ccc(-c2ccc(-c3ccc(OC(=O)c4ccc5c(c4)C(=O)OC5=O)c(-c4ccccc4)c3)cc2)cc1)c1ccc2c(c1)C(=O)OC2=O. The van der Waals surface area contributed by atoms with Crippen molar-refractivity contribution in [3.63, 3.8) is 0 Å². The van der Waals surface area contributed by atoms with Crippen molar-refractivity contribution in [2.45, 2.75) is 0 Å². The molecule has 0 unspecified atom stereocenters. The highest BCUT2D eigenvalue weighted by Crippen LogP contribution is 2.36. The zero-order valence-electron chi connectivity index (χ0n) is 26.8. The number of hydrogen-bond donors (Lipinski definition) is 0. The molecule has 10 heteroatoms. The minimum Gasteiger partial charge on any atom is -0.423 e. The minimum atomic E-state index is -0.809. The van der Waals surface area contributed by atoms with Gasteiger partial charge in [0.25, 0.3) is 0 Å². The van der Waals surface area contributed by atoms with Crippen LogP contribution < -0.4 is 9.47 Å². The second-order valence-electron chi connectivity index (χ2n) is 11.8. The van der Waals surface area contributed by atoms with E-state index in [1.54, 1.807) is 18.2 Å². The molecule has 0 N–H and O–H groups in total. The van der Waals surface area contributed by atoms with Crippen molar-refractivity contribution < 1.29 is 47.7 Å². The Morgan fingerprint density at radius 3 is 1.40 bits per heavy atom. The van der Waals surface area contributed by atoms with Crippen molar-refractivity contribution in [2.75, 3.05) is 0 Å². The zero-order chi connectivity index (χ0) is 35.9. The van der Waals surface area contributed by atoms with Crippen molar-refractivity contribution in [3.8, 4) is 44.9 Å². The van der Waals surface area contributed by atoms with E-state index in [-0.39, 0.29) is 33.4 Å². The molecule has 0 bridgehead atoms. The quantitative estimate of drug-likeness (QED) is 0.0930. The van der Waals surface area contributed by atoms with E-state index < -0.39 is 35.8 Å². The molecule has 2 aliphatic rings. The van der Waals surface area contributed by atoms with Gasteiger partial charge in [0, 0.05) is 5.56 Å². The molecular formula is C42H22O10. The molecule has 6 aromatic carbocycles. The van der Waals surface area contributed by atoms with Crippen LogP contribution in [0.15, 0.2) is 133 Å². The Balaban J connectivity index is 0.996. The number of cyclic esters (lactones) is 4. The van der Waals surface area contributed by atoms with E-state index in [0.717, 1.165) is 27.8 Å². The molecule has 8 rings (SSSR count). The van der Waals surface area contributed by atoms with Gasteiger partial charge in [0.1, 0.15) is 11.5 Å². The number of esters is 6. The molecule has 0 saturated carbocycles. The molecule has 52 heavy (non-hydrogen) atoms. The Morgan fingerprint density at radius 2 is 0.846 bits per heavy atom. The van der Waals surface area contributed by atoms with Crippen LogP contribution in [0.5, 0.6) is 11.5 Å². The fraction of sp³-hybridized carbons (Fsp3) is 0. The van der Waals surface area contributed by atoms with Crippen LogP contribution in [0.2, 0.25) is 0 Å². The van der Waals surface area contributed by atoms with Gasteiger partial charge in [-0.3, -0.25) is 0 Å². The van der Waals surface area contributed by atoms with E-state index in [1.807, 2.05) is 78.9 Å². The smallest absolute Gasteiger partial charge is 0.346 e. The van der Waals surface area contributed by atoms with Crippen LogP contribution in [0.25, 0.3) is 33.4 Å². The lowest BCUT2D eigenvalue weighted by Crippen LogP contribution is -2.10. The molecule has 0 radical (unpaired) electrons. The molecule has 0 atom stereocenters. The van der Waals surface area contributed by atoms with Crippen LogP contribution in [0.1, 0.15) is 62.1 Å². The normalized spacial score (nSPS) is 12.8. The molecular weight excluding hydrogens is 664 g/mol. The number of fused-ring (bicyclic) bond motifs is 2. The predicted molar refractivity (Wildman–Crippen MR) is 185 cm³/mol. The zero-order valence-corrected chi connectivity index (χ0v) is 26.8. The van der Waals surface area contributed by atoms with Gasteiger partial charge < -0.3 is 18.9 Å². The summed E-state index contributed by atoms with van der Waals surface area (Å²) in [7, 11) is 0. The van der Waals surface area contributed by atoms with Crippen molar-refractivity contribution in [2.24, 2.45) is 0 Å². The number of carbonyl (C=O) groups excluding carboxylic acids is 6. The number of hydrogen-bond acceptors (Lipinski definition) is 10. The van der Waals surface area contributed by atoms with E-state index in [1.165, 1.54) is 36.4 Å². The third-order valence-corrected chi connectivity index (χ3v) is 8.64. The van der Waals surface area contributed by atoms with E-state index in [0.29, 0.717) is 17.1 Å². The summed E-state index contributed by atoms with van der Waals surface area (Å²) < 4.78 is 20.5. The fourth-order valence-corrected chi connectivity index (χ4v) is 5.96. The fourth-order valence-electron chi connectivity index (χ4n) is 5.96. The highest BCUT2D eigenvalue weighted by atomic mass is 16.6. The molecule has 250 valence electrons. The average Bonchev–Trinajstić information content (AvgIpc) is 3.63. The standard InChI is InChI=1S/C42H22O10/c43-37(28-12-17-31-34(21-28)41(47)51-39(31)45)49-30-15-10-24(11-16-30)23-6-8-25(9-7-23)27-14-19-36(33(20-27)26-4-2-1-3-5-26)50-38(44)29-13-18-32-35(22-29)42(48)52-40(32)46/h1-22H. The van der Waals surface area contributed by atoms with Gasteiger partial charge in [0.15, 0.2) is 0 Å². The maximum absolute atomic E-state index is 13.2. The van der Waals surface area contributed by atoms with Gasteiger partial charge in [0.05, 0.1) is 33.4 Å². The summed E-state index contributed by atoms with van der Waals surface area (Å²) in [5, 5.41) is 0. The summed E-state index contributed by atoms with van der Waals surface area (Å²) in [6.45, 7) is 0. The lowest BCUT2D eigenvalue weighted by Gasteiger charge is -2.13. The molecule has 0 aliphatic carbocycles. The summed E-state index contributed by atoms with van der Waals surface area (Å²) in [5.41, 5.74) is 5.52. The minimum absolute atomic E-state index is 0.0164. The largest absolute Gasteiger partial charge is 0.423 e. The van der Waals surface area contributed by atoms with E-state index in [9.17, 15) is 28.8 Å². The van der Waals surface area contributed by atoms with Gasteiger partial charge in [-0.05, 0) is 88.5 Å². The van der Waals surface area contributed by atoms with E-state index in [4.69, 9.17) is 9.47 Å². The van der Waals surface area contributed by atoms with Crippen molar-refractivity contribution in [1.82, 2.24) is 0 Å². The van der Waals surface area contributed by atoms with Crippen LogP contribution in [0.3, 0.4) is 0 Å². The van der Waals surface area contributed by atoms with Crippen molar-refractivity contribution >= 4 is 35.8 Å². The van der Waals surface area contributed by atoms with Crippen LogP contribution in [-0.2, 0) is 9.47 Å². The highest BCUT2D eigenvalue weighted by molar-refractivity contribution is 6.16. The second-order valence-corrected chi connectivity index (χ2v) is 11.8. The van der Waals surface area contributed by atoms with E-state index in [2.05, 4.69) is 9.47 Å². The summed E-state index contributed by atoms with van der Waals surface area (Å²) in [6.07, 6.45) is 0. The Bertz CT molecular complexity index is 2500. The summed E-state index contributed by atoms with van der Waals surface area (Å²) in [6, 6.07) is 37.9. The lowest BCUT2D eigenvalue weighted by molar-refractivity contribution is 0.0425. The Labute approximate surface area is 294 Å². The summed E-state index contributed by atoms with van der Waals surface area (Å²) in [5.74, 6) is -3.88. The van der Waals surface area contributed by atoms with Gasteiger partial charge in [-0.2, -0.15) is 0 Å². The lowest BCUT2D eigenvalue weighted by atomic mass is 9.96. The van der Waals surface area contributed by atoms with Gasteiger partial charge >= 0.3 is 35.8 Å². The monoisotopic (exact) mass is 686 g/mol. The van der Waals surface area contributed by atoms with Gasteiger partial charge in [-0.1, -0.05) is 72.8 Å². The van der Waals surface area contributed by atoms with Crippen LogP contribution in [0.4, 0.5) is 0 Å². The topological polar surface area (TPSA) is 139 Å². The van der Waals surface area contributed by atoms with Crippen molar-refractivity contribution in [3.05, 3.63) is 167 Å². The highest BCUT2D eigenvalue weighted by Gasteiger charge is 2.32. The first-order valence-corrected chi connectivity index (χ1v) is 15.9. The molecule has 0 amide bonds. The number of benzene rings is 6. The molecule has 0 saturated heterocycles. The number of carbonyl (C=O) groups is 6. The van der Waals surface area contributed by atoms with Crippen LogP contribution >= 0.6 is 0 Å². The molecule has 6 aromatic rings. The van der Waals surface area contributed by atoms with Crippen molar-refractivity contribution in [1.29, 1.82) is 0 Å². The second kappa shape index (κ2) is 12.8. The third kappa shape index (κ3) is 5.90. The molecule has 10 nitrogen and oxygen atoms in total. The third-order valence-electron chi connectivity index (χ3n) is 8.64. The van der Waals surface area contributed by atoms with Gasteiger partial charge in [0.2, 0.25) is 0 Å². The summed E-state index contributed by atoms with van der Waals surface area (Å²) in [4.78, 5) is 73.3. The molecule has 0 aromatic heterocycles. The first kappa shape index (κ1) is 31.8. The maximum Gasteiger partial charge on any atom is 0.346 e. The number of rotatable bonds is 7. The molecule has 2 heterocycles. The first-order valence-electron chi connectivity index (χ1n) is 15.9. The summed E-state index contributed by atoms with van der Waals surface area (Å²) >= 11 is 0. The van der Waals surface area contributed by atoms with Gasteiger partial charge in [-0.15, -0.1) is 0 Å². The Morgan fingerprint density at radius 1 is 0.385 bits per heavy atom. The number of ether oxygens (including phenoxy) is 4. The van der Waals surface area contributed by atoms with E-state index >= 15 is 0 Å². The Kier molecular flexibility index (Phi) is 7.81. The molecule has 2 aliphatic heterocycles. The van der Waals surface area contributed by atoms with Crippen LogP contribution in [0, 0.1) is 0 Å². The maximum atomic E-state index is 13.2. The average molecular weight is 687 g/mol. The van der Waals surface area contributed by atoms with Crippen LogP contribution in [-0.4, -0.2) is 35.8 Å². The molecule has 0 fully saturated rings. The molecule has 0 spiro atoms. The van der Waals surface area contributed by atoms with Gasteiger partial charge in [-0.25, -0.2) is 28.8 Å². The Hall–Kier alpha value is -7.46. The predicted octanol–water partition coefficient (Wildman–Crippen LogP) is 7.75.